The summed E-state index contributed by atoms with van der Waals surface area (Å²) >= 11 is 0. The number of nitrogens with one attached hydrogen (secondary N) is 3. The van der Waals surface area contributed by atoms with Gasteiger partial charge in [-0.3, -0.25) is 4.90 Å². The molecule has 4 N–H and O–H groups in total. The van der Waals surface area contributed by atoms with Gasteiger partial charge in [-0.15, -0.1) is 0 Å². The fourth-order valence-corrected chi connectivity index (χ4v) is 2.45. The fourth-order valence-electron chi connectivity index (χ4n) is 2.45. The number of nitrogens with zero attached hydrogens (tertiary/aromatic N) is 1. The van der Waals surface area contributed by atoms with Gasteiger partial charge >= 0.3 is 0 Å². The summed E-state index contributed by atoms with van der Waals surface area (Å²) in [6, 6.07) is 0.389. The lowest BCUT2D eigenvalue weighted by atomic mass is 10.1. The molecule has 106 valence electrons. The predicted octanol–water partition coefficient (Wildman–Crippen LogP) is -2.17. The van der Waals surface area contributed by atoms with Gasteiger partial charge in [-0.25, -0.2) is 0 Å². The zero-order valence-corrected chi connectivity index (χ0v) is 11.0. The highest BCUT2D eigenvalue weighted by Gasteiger charge is 2.35. The van der Waals surface area contributed by atoms with Crippen LogP contribution >= 0.6 is 0 Å². The molecule has 0 radical (unpaired) electrons. The molecule has 2 aliphatic rings. The first-order chi connectivity index (χ1) is 8.92. The van der Waals surface area contributed by atoms with Crippen LogP contribution in [0.5, 0.6) is 0 Å². The smallest absolute Gasteiger partial charge is 0.0983 e. The molecule has 0 amide bonds. The highest BCUT2D eigenvalue weighted by molar-refractivity contribution is 4.88. The van der Waals surface area contributed by atoms with E-state index in [0.29, 0.717) is 6.04 Å². The quantitative estimate of drug-likeness (QED) is 0.452. The van der Waals surface area contributed by atoms with E-state index in [1.807, 2.05) is 0 Å². The summed E-state index contributed by atoms with van der Waals surface area (Å²) in [5, 5.41) is 19.5. The lowest BCUT2D eigenvalue weighted by Gasteiger charge is -2.43. The molecule has 2 aliphatic heterocycles. The number of rotatable bonds is 2. The van der Waals surface area contributed by atoms with Crippen LogP contribution in [0.3, 0.4) is 0 Å². The molecule has 2 saturated heterocycles. The molecule has 0 unspecified atom stereocenters. The van der Waals surface area contributed by atoms with E-state index in [2.05, 4.69) is 20.9 Å². The SMILES string of the molecule is OC[C@H]1OC[C@H]1N1CCNCCNCCNCC1. The minimum atomic E-state index is 0.0135. The van der Waals surface area contributed by atoms with Crippen LogP contribution in [0.15, 0.2) is 0 Å². The van der Waals surface area contributed by atoms with Gasteiger partial charge < -0.3 is 25.8 Å². The van der Waals surface area contributed by atoms with E-state index in [4.69, 9.17) is 4.74 Å². The molecule has 0 aromatic carbocycles. The normalized spacial score (nSPS) is 33.2. The topological polar surface area (TPSA) is 68.8 Å². The maximum Gasteiger partial charge on any atom is 0.0983 e. The van der Waals surface area contributed by atoms with Gasteiger partial charge in [-0.1, -0.05) is 0 Å². The summed E-state index contributed by atoms with van der Waals surface area (Å²) < 4.78 is 5.38. The Hall–Kier alpha value is -0.240. The van der Waals surface area contributed by atoms with Crippen LogP contribution in [-0.4, -0.2) is 87.7 Å². The standard InChI is InChI=1S/C12H26N4O2/c17-9-12-11(10-18-12)16-7-5-14-3-1-13-2-4-15-6-8-16/h11-15,17H,1-10H2/t11-,12-/m1/s1. The van der Waals surface area contributed by atoms with Gasteiger partial charge in [-0.2, -0.15) is 0 Å². The van der Waals surface area contributed by atoms with Crippen LogP contribution in [0.1, 0.15) is 0 Å². The van der Waals surface area contributed by atoms with Crippen molar-refractivity contribution in [1.29, 1.82) is 0 Å². The Kier molecular flexibility index (Phi) is 6.33. The molecular weight excluding hydrogens is 232 g/mol. The zero-order valence-electron chi connectivity index (χ0n) is 11.0. The van der Waals surface area contributed by atoms with Crippen LogP contribution in [0.4, 0.5) is 0 Å². The molecule has 2 rings (SSSR count). The van der Waals surface area contributed by atoms with Crippen molar-refractivity contribution in [1.82, 2.24) is 20.9 Å². The van der Waals surface area contributed by atoms with E-state index in [-0.39, 0.29) is 12.7 Å². The van der Waals surface area contributed by atoms with Gasteiger partial charge in [0.1, 0.15) is 0 Å². The second-order valence-corrected chi connectivity index (χ2v) is 4.91. The Morgan fingerprint density at radius 3 is 1.94 bits per heavy atom. The van der Waals surface area contributed by atoms with Crippen LogP contribution in [0.2, 0.25) is 0 Å². The second-order valence-electron chi connectivity index (χ2n) is 4.91. The number of aliphatic hydroxyl groups excluding tert-OH is 1. The molecule has 0 aromatic rings. The van der Waals surface area contributed by atoms with Gasteiger partial charge in [0.15, 0.2) is 0 Å². The maximum atomic E-state index is 9.20. The van der Waals surface area contributed by atoms with Crippen LogP contribution in [0.25, 0.3) is 0 Å². The van der Waals surface area contributed by atoms with Gasteiger partial charge in [0.05, 0.1) is 25.4 Å². The largest absolute Gasteiger partial charge is 0.394 e. The van der Waals surface area contributed by atoms with Crippen molar-refractivity contribution in [2.24, 2.45) is 0 Å². The van der Waals surface area contributed by atoms with Crippen LogP contribution in [-0.2, 0) is 4.74 Å². The molecular formula is C12H26N4O2. The molecule has 18 heavy (non-hydrogen) atoms. The summed E-state index contributed by atoms with van der Waals surface area (Å²) in [6.45, 7) is 8.99. The van der Waals surface area contributed by atoms with Gasteiger partial charge in [0.25, 0.3) is 0 Å². The minimum Gasteiger partial charge on any atom is -0.394 e. The molecule has 0 bridgehead atoms. The maximum absolute atomic E-state index is 9.20. The molecule has 2 atom stereocenters. The summed E-state index contributed by atoms with van der Waals surface area (Å²) in [4.78, 5) is 2.43. The summed E-state index contributed by atoms with van der Waals surface area (Å²) in [5.74, 6) is 0. The molecule has 0 aliphatic carbocycles. The van der Waals surface area contributed by atoms with E-state index < -0.39 is 0 Å². The number of hydrogen-bond acceptors (Lipinski definition) is 6. The first-order valence-corrected chi connectivity index (χ1v) is 7.00. The lowest BCUT2D eigenvalue weighted by molar-refractivity contribution is -0.150. The number of aliphatic hydroxyl groups is 1. The Morgan fingerprint density at radius 1 is 0.944 bits per heavy atom. The Balaban J connectivity index is 1.77. The second kappa shape index (κ2) is 8.04. The highest BCUT2D eigenvalue weighted by Crippen LogP contribution is 2.18. The molecule has 0 spiro atoms. The van der Waals surface area contributed by atoms with Crippen molar-refractivity contribution >= 4 is 0 Å². The van der Waals surface area contributed by atoms with Crippen molar-refractivity contribution in [2.75, 3.05) is 65.6 Å². The zero-order chi connectivity index (χ0) is 12.6. The predicted molar refractivity (Wildman–Crippen MR) is 70.8 cm³/mol. The monoisotopic (exact) mass is 258 g/mol. The van der Waals surface area contributed by atoms with Crippen LogP contribution < -0.4 is 16.0 Å². The van der Waals surface area contributed by atoms with E-state index in [1.165, 1.54) is 0 Å². The first-order valence-electron chi connectivity index (χ1n) is 7.00. The van der Waals surface area contributed by atoms with Crippen molar-refractivity contribution in [3.63, 3.8) is 0 Å². The third-order valence-electron chi connectivity index (χ3n) is 3.67. The lowest BCUT2D eigenvalue weighted by Crippen LogP contribution is -2.59. The Labute approximate surface area is 109 Å². The van der Waals surface area contributed by atoms with Crippen LogP contribution in [0, 0.1) is 0 Å². The van der Waals surface area contributed by atoms with Gasteiger partial charge in [0.2, 0.25) is 0 Å². The van der Waals surface area contributed by atoms with E-state index >= 15 is 0 Å². The first kappa shape index (κ1) is 14.2. The molecule has 0 saturated carbocycles. The number of ether oxygens (including phenoxy) is 1. The summed E-state index contributed by atoms with van der Waals surface area (Å²) in [6.07, 6.45) is 0.0135. The van der Waals surface area contributed by atoms with Gasteiger partial charge in [-0.05, 0) is 0 Å². The van der Waals surface area contributed by atoms with Crippen molar-refractivity contribution in [3.8, 4) is 0 Å². The minimum absolute atomic E-state index is 0.0135. The third-order valence-corrected chi connectivity index (χ3v) is 3.67. The Morgan fingerprint density at radius 2 is 1.50 bits per heavy atom. The van der Waals surface area contributed by atoms with E-state index in [1.54, 1.807) is 0 Å². The molecule has 6 nitrogen and oxygen atoms in total. The van der Waals surface area contributed by atoms with E-state index in [9.17, 15) is 5.11 Å². The average molecular weight is 258 g/mol. The van der Waals surface area contributed by atoms with Crippen molar-refractivity contribution < 1.29 is 9.84 Å². The average Bonchev–Trinajstić information content (AvgIpc) is 2.31. The Bertz CT molecular complexity index is 216. The third kappa shape index (κ3) is 4.15. The van der Waals surface area contributed by atoms with Gasteiger partial charge in [0, 0.05) is 52.4 Å². The van der Waals surface area contributed by atoms with E-state index in [0.717, 1.165) is 59.0 Å². The van der Waals surface area contributed by atoms with Crippen molar-refractivity contribution in [2.45, 2.75) is 12.1 Å². The fraction of sp³-hybridized carbons (Fsp3) is 1.00. The molecule has 2 heterocycles. The molecule has 2 fully saturated rings. The number of hydrogen-bond donors (Lipinski definition) is 4. The summed E-state index contributed by atoms with van der Waals surface area (Å²) in [5.41, 5.74) is 0. The summed E-state index contributed by atoms with van der Waals surface area (Å²) in [7, 11) is 0. The highest BCUT2D eigenvalue weighted by atomic mass is 16.5. The van der Waals surface area contributed by atoms with Crippen molar-refractivity contribution in [3.05, 3.63) is 0 Å². The molecule has 6 heteroatoms. The molecule has 0 aromatic heterocycles.